The van der Waals surface area contributed by atoms with E-state index in [0.29, 0.717) is 6.54 Å². The van der Waals surface area contributed by atoms with Gasteiger partial charge in [0.15, 0.2) is 0 Å². The maximum Gasteiger partial charge on any atom is 0.410 e. The molecule has 0 bridgehead atoms. The lowest BCUT2D eigenvalue weighted by Gasteiger charge is -2.39. The molecule has 1 aliphatic carbocycles. The molecular formula is C22H30BrN5O3. The first-order valence-electron chi connectivity index (χ1n) is 10.8. The van der Waals surface area contributed by atoms with Crippen molar-refractivity contribution in [2.24, 2.45) is 5.92 Å². The number of amides is 2. The number of rotatable bonds is 4. The Balaban J connectivity index is 1.60. The highest BCUT2D eigenvalue weighted by Gasteiger charge is 2.33. The van der Waals surface area contributed by atoms with E-state index in [2.05, 4.69) is 36.1 Å². The van der Waals surface area contributed by atoms with Gasteiger partial charge in [0.2, 0.25) is 5.91 Å². The second-order valence-corrected chi connectivity index (χ2v) is 10.3. The van der Waals surface area contributed by atoms with E-state index in [0.717, 1.165) is 59.1 Å². The van der Waals surface area contributed by atoms with Crippen LogP contribution in [0.4, 0.5) is 16.2 Å². The molecule has 3 heterocycles. The molecule has 2 fully saturated rings. The van der Waals surface area contributed by atoms with Crippen LogP contribution in [0.25, 0.3) is 11.0 Å². The summed E-state index contributed by atoms with van der Waals surface area (Å²) in [5.41, 5.74) is 1.93. The van der Waals surface area contributed by atoms with E-state index in [1.165, 1.54) is 0 Å². The Morgan fingerprint density at radius 3 is 2.74 bits per heavy atom. The van der Waals surface area contributed by atoms with Crippen molar-refractivity contribution in [3.8, 4) is 0 Å². The van der Waals surface area contributed by atoms with Crippen molar-refractivity contribution in [2.45, 2.75) is 58.1 Å². The van der Waals surface area contributed by atoms with Crippen LogP contribution in [0.1, 0.15) is 46.5 Å². The molecule has 2 N–H and O–H groups in total. The molecule has 1 saturated carbocycles. The molecule has 31 heavy (non-hydrogen) atoms. The number of ether oxygens (including phenoxy) is 1. The van der Waals surface area contributed by atoms with Gasteiger partial charge in [-0.1, -0.05) is 0 Å². The number of pyridine rings is 1. The summed E-state index contributed by atoms with van der Waals surface area (Å²) in [7, 11) is 1.80. The van der Waals surface area contributed by atoms with Crippen LogP contribution in [0, 0.1) is 5.92 Å². The number of nitrogens with zero attached hydrogens (tertiary/aromatic N) is 3. The highest BCUT2D eigenvalue weighted by molar-refractivity contribution is 9.10. The number of hydrogen-bond donors (Lipinski definition) is 2. The molecular weight excluding hydrogens is 462 g/mol. The van der Waals surface area contributed by atoms with Crippen LogP contribution in [-0.2, 0) is 9.53 Å². The van der Waals surface area contributed by atoms with E-state index < -0.39 is 5.60 Å². The largest absolute Gasteiger partial charge is 0.444 e. The fourth-order valence-corrected chi connectivity index (χ4v) is 4.55. The van der Waals surface area contributed by atoms with Gasteiger partial charge in [-0.3, -0.25) is 4.79 Å². The third-order valence-electron chi connectivity index (χ3n) is 5.78. The summed E-state index contributed by atoms with van der Waals surface area (Å²) in [6, 6.07) is 0.0298. The molecule has 2 aliphatic rings. The third kappa shape index (κ3) is 4.81. The monoisotopic (exact) mass is 491 g/mol. The number of anilines is 2. The van der Waals surface area contributed by atoms with E-state index in [-0.39, 0.29) is 24.0 Å². The molecule has 8 nitrogen and oxygen atoms in total. The van der Waals surface area contributed by atoms with Crippen LogP contribution >= 0.6 is 15.9 Å². The van der Waals surface area contributed by atoms with Gasteiger partial charge in [-0.2, -0.15) is 0 Å². The van der Waals surface area contributed by atoms with Crippen molar-refractivity contribution in [2.75, 3.05) is 30.4 Å². The lowest BCUT2D eigenvalue weighted by atomic mass is 10.0. The van der Waals surface area contributed by atoms with Crippen LogP contribution < -0.4 is 10.2 Å². The van der Waals surface area contributed by atoms with Gasteiger partial charge in [0.05, 0.1) is 27.3 Å². The molecule has 2 aromatic heterocycles. The number of aromatic amines is 1. The average molecular weight is 492 g/mol. The molecule has 0 unspecified atom stereocenters. The van der Waals surface area contributed by atoms with Crippen molar-refractivity contribution in [1.82, 2.24) is 14.9 Å². The summed E-state index contributed by atoms with van der Waals surface area (Å²) >= 11 is 3.67. The minimum Gasteiger partial charge on any atom is -0.444 e. The number of nitrogens with one attached hydrogen (secondary N) is 2. The molecule has 168 valence electrons. The highest BCUT2D eigenvalue weighted by Crippen LogP contribution is 2.40. The maximum atomic E-state index is 12.6. The summed E-state index contributed by atoms with van der Waals surface area (Å²) in [4.78, 5) is 36.6. The number of halogens is 1. The first kappa shape index (κ1) is 21.9. The number of hydrogen-bond acceptors (Lipinski definition) is 5. The van der Waals surface area contributed by atoms with Crippen molar-refractivity contribution in [1.29, 1.82) is 0 Å². The van der Waals surface area contributed by atoms with Crippen LogP contribution in [-0.4, -0.2) is 58.6 Å². The first-order valence-corrected chi connectivity index (χ1v) is 11.6. The van der Waals surface area contributed by atoms with Gasteiger partial charge in [-0.25, -0.2) is 9.78 Å². The van der Waals surface area contributed by atoms with Gasteiger partial charge in [0, 0.05) is 38.4 Å². The van der Waals surface area contributed by atoms with E-state index in [4.69, 9.17) is 4.74 Å². The van der Waals surface area contributed by atoms with E-state index in [1.54, 1.807) is 18.1 Å². The summed E-state index contributed by atoms with van der Waals surface area (Å²) in [5.74, 6) is 0.184. The minimum absolute atomic E-state index is 0.0298. The Labute approximate surface area is 190 Å². The van der Waals surface area contributed by atoms with Crippen LogP contribution in [0.5, 0.6) is 0 Å². The summed E-state index contributed by atoms with van der Waals surface area (Å²) in [6.45, 7) is 7.16. The van der Waals surface area contributed by atoms with Crippen molar-refractivity contribution in [3.63, 3.8) is 0 Å². The van der Waals surface area contributed by atoms with Gasteiger partial charge in [0.25, 0.3) is 0 Å². The quantitative estimate of drug-likeness (QED) is 0.656. The number of carbonyl (C=O) groups is 2. The predicted molar refractivity (Wildman–Crippen MR) is 124 cm³/mol. The topological polar surface area (TPSA) is 90.6 Å². The lowest BCUT2D eigenvalue weighted by molar-refractivity contribution is -0.117. The molecule has 1 atom stereocenters. The standard InChI is InChI=1S/C22H30BrN5O3/c1-22(2,3)31-21(30)27(4)14-6-5-9-28(12-14)18-15(23)10-24-19-17(18)16(11-25-19)26-20(29)13-7-8-13/h10-11,13-14H,5-9,12H2,1-4H3,(H,24,25)(H,26,29)/t14-/m1/s1. The Morgan fingerprint density at radius 2 is 2.06 bits per heavy atom. The second kappa shape index (κ2) is 8.33. The van der Waals surface area contributed by atoms with Gasteiger partial charge >= 0.3 is 6.09 Å². The summed E-state index contributed by atoms with van der Waals surface area (Å²) in [5, 5.41) is 3.96. The van der Waals surface area contributed by atoms with Gasteiger partial charge < -0.3 is 24.8 Å². The van der Waals surface area contributed by atoms with Crippen LogP contribution in [0.3, 0.4) is 0 Å². The lowest BCUT2D eigenvalue weighted by Crippen LogP contribution is -2.50. The van der Waals surface area contributed by atoms with Crippen LogP contribution in [0.15, 0.2) is 16.9 Å². The Hall–Kier alpha value is -2.29. The number of aromatic nitrogens is 2. The zero-order valence-corrected chi connectivity index (χ0v) is 20.1. The number of piperidine rings is 1. The number of H-pyrrole nitrogens is 1. The number of likely N-dealkylation sites (N-methyl/N-ethyl adjacent to an activating group) is 1. The van der Waals surface area contributed by atoms with E-state index >= 15 is 0 Å². The summed E-state index contributed by atoms with van der Waals surface area (Å²) < 4.78 is 6.43. The van der Waals surface area contributed by atoms with E-state index in [9.17, 15) is 9.59 Å². The van der Waals surface area contributed by atoms with Crippen molar-refractivity contribution < 1.29 is 14.3 Å². The van der Waals surface area contributed by atoms with Crippen molar-refractivity contribution in [3.05, 3.63) is 16.9 Å². The van der Waals surface area contributed by atoms with E-state index in [1.807, 2.05) is 27.0 Å². The molecule has 1 aliphatic heterocycles. The van der Waals surface area contributed by atoms with Gasteiger partial charge in [-0.05, 0) is 62.4 Å². The number of fused-ring (bicyclic) bond motifs is 1. The smallest absolute Gasteiger partial charge is 0.410 e. The minimum atomic E-state index is -0.528. The molecule has 0 radical (unpaired) electrons. The fourth-order valence-electron chi connectivity index (χ4n) is 4.00. The molecule has 2 aromatic rings. The van der Waals surface area contributed by atoms with Crippen LogP contribution in [0.2, 0.25) is 0 Å². The molecule has 4 rings (SSSR count). The SMILES string of the molecule is CN(C(=O)OC(C)(C)C)[C@@H]1CCCN(c2c(Br)cnc3[nH]cc(NC(=O)C4CC4)c23)C1. The average Bonchev–Trinajstić information content (AvgIpc) is 3.49. The van der Waals surface area contributed by atoms with Crippen molar-refractivity contribution >= 4 is 50.3 Å². The molecule has 0 aromatic carbocycles. The second-order valence-electron chi connectivity index (χ2n) is 9.48. The zero-order valence-electron chi connectivity index (χ0n) is 18.5. The zero-order chi connectivity index (χ0) is 22.3. The third-order valence-corrected chi connectivity index (χ3v) is 6.36. The highest BCUT2D eigenvalue weighted by atomic mass is 79.9. The maximum absolute atomic E-state index is 12.6. The first-order chi connectivity index (χ1) is 14.6. The van der Waals surface area contributed by atoms with Gasteiger partial charge in [-0.15, -0.1) is 0 Å². The fraction of sp³-hybridized carbons (Fsp3) is 0.591. The Morgan fingerprint density at radius 1 is 1.32 bits per heavy atom. The van der Waals surface area contributed by atoms with Gasteiger partial charge in [0.1, 0.15) is 11.2 Å². The number of carbonyl (C=O) groups excluding carboxylic acids is 2. The summed E-state index contributed by atoms with van der Waals surface area (Å²) in [6.07, 6.45) is 7.04. The molecule has 2 amide bonds. The molecule has 9 heteroatoms. The Bertz CT molecular complexity index is 995. The normalized spacial score (nSPS) is 19.4. The Kier molecular flexibility index (Phi) is 5.89. The molecule has 0 spiro atoms. The molecule has 1 saturated heterocycles. The predicted octanol–water partition coefficient (Wildman–Crippen LogP) is 4.51.